The molecule has 0 saturated carbocycles. The van der Waals surface area contributed by atoms with Gasteiger partial charge in [0.1, 0.15) is 6.04 Å². The van der Waals surface area contributed by atoms with Crippen LogP contribution in [0.3, 0.4) is 0 Å². The van der Waals surface area contributed by atoms with Gasteiger partial charge in [0.15, 0.2) is 5.03 Å². The molecule has 1 amide bonds. The summed E-state index contributed by atoms with van der Waals surface area (Å²) in [5, 5.41) is 5.54. The van der Waals surface area contributed by atoms with E-state index in [1.807, 2.05) is 0 Å². The Bertz CT molecular complexity index is 640. The Morgan fingerprint density at radius 1 is 1.43 bits per heavy atom. The zero-order valence-electron chi connectivity index (χ0n) is 11.0. The van der Waals surface area contributed by atoms with Crippen molar-refractivity contribution >= 4 is 15.9 Å². The monoisotopic (exact) mass is 326 g/mol. The van der Waals surface area contributed by atoms with Crippen molar-refractivity contribution in [3.8, 4) is 0 Å². The molecule has 1 fully saturated rings. The molecular weight excluding hydrogens is 313 g/mol. The molecule has 1 N–H and O–H groups in total. The maximum Gasteiger partial charge on any atom is 0.405 e. The van der Waals surface area contributed by atoms with Gasteiger partial charge < -0.3 is 5.32 Å². The van der Waals surface area contributed by atoms with Crippen molar-refractivity contribution in [2.24, 2.45) is 7.05 Å². The van der Waals surface area contributed by atoms with E-state index >= 15 is 0 Å². The maximum absolute atomic E-state index is 13.1. The lowest BCUT2D eigenvalue weighted by Crippen LogP contribution is -2.49. The minimum Gasteiger partial charge on any atom is -0.355 e. The number of carbonyl (C=O) groups excluding carboxylic acids is 1. The molecule has 1 aliphatic heterocycles. The highest BCUT2D eigenvalue weighted by atomic mass is 32.2. The molecule has 2 heterocycles. The number of rotatable bonds is 2. The van der Waals surface area contributed by atoms with E-state index in [0.717, 1.165) is 10.7 Å². The van der Waals surface area contributed by atoms with Crippen molar-refractivity contribution in [1.29, 1.82) is 0 Å². The van der Waals surface area contributed by atoms with Crippen LogP contribution < -0.4 is 5.32 Å². The Kier molecular flexibility index (Phi) is 3.97. The van der Waals surface area contributed by atoms with Gasteiger partial charge in [0.05, 0.1) is 12.6 Å². The Labute approximate surface area is 118 Å². The molecule has 0 aromatic carbocycles. The Hall–Kier alpha value is -1.62. The average Bonchev–Trinajstić information content (AvgIpc) is 2.66. The van der Waals surface area contributed by atoms with Gasteiger partial charge in [0.25, 0.3) is 10.0 Å². The normalized spacial score (nSPS) is 21.9. The molecule has 1 saturated heterocycles. The molecule has 1 aliphatic rings. The second kappa shape index (κ2) is 5.30. The number of nitrogens with one attached hydrogen (secondary N) is 1. The largest absolute Gasteiger partial charge is 0.405 e. The smallest absolute Gasteiger partial charge is 0.355 e. The standard InChI is InChI=1S/C10H13F3N4O3S/c1-16-9(2-3-15-16)21(19,20)17-5-4-14-8(18)6-7(17)10(11,12)13/h2-3,7H,4-6H2,1H3,(H,14,18). The van der Waals surface area contributed by atoms with Gasteiger partial charge in [-0.15, -0.1) is 0 Å². The third-order valence-electron chi connectivity index (χ3n) is 3.11. The molecule has 11 heteroatoms. The lowest BCUT2D eigenvalue weighted by Gasteiger charge is -2.29. The first-order valence-electron chi connectivity index (χ1n) is 5.97. The van der Waals surface area contributed by atoms with E-state index < -0.39 is 41.1 Å². The fourth-order valence-electron chi connectivity index (χ4n) is 2.11. The Morgan fingerprint density at radius 3 is 2.62 bits per heavy atom. The molecule has 0 aliphatic carbocycles. The fraction of sp³-hybridized carbons (Fsp3) is 0.600. The van der Waals surface area contributed by atoms with Crippen molar-refractivity contribution < 1.29 is 26.4 Å². The number of halogens is 3. The summed E-state index contributed by atoms with van der Waals surface area (Å²) in [6.45, 7) is -0.633. The predicted molar refractivity (Wildman–Crippen MR) is 64.6 cm³/mol. The van der Waals surface area contributed by atoms with Crippen LogP contribution in [-0.4, -0.2) is 53.7 Å². The molecule has 0 bridgehead atoms. The number of hydrogen-bond acceptors (Lipinski definition) is 4. The Balaban J connectivity index is 2.47. The number of sulfonamides is 1. The molecule has 1 aromatic rings. The number of aryl methyl sites for hydroxylation is 1. The number of alkyl halides is 3. The van der Waals surface area contributed by atoms with Crippen LogP contribution in [0.25, 0.3) is 0 Å². The summed E-state index contributed by atoms with van der Waals surface area (Å²) in [4.78, 5) is 11.3. The summed E-state index contributed by atoms with van der Waals surface area (Å²) < 4.78 is 65.4. The summed E-state index contributed by atoms with van der Waals surface area (Å²) >= 11 is 0. The van der Waals surface area contributed by atoms with E-state index in [9.17, 15) is 26.4 Å². The van der Waals surface area contributed by atoms with Crippen LogP contribution in [0.4, 0.5) is 13.2 Å². The summed E-state index contributed by atoms with van der Waals surface area (Å²) in [5.41, 5.74) is 0. The first kappa shape index (κ1) is 15.8. The molecule has 0 spiro atoms. The van der Waals surface area contributed by atoms with Crippen LogP contribution in [0.2, 0.25) is 0 Å². The van der Waals surface area contributed by atoms with E-state index in [-0.39, 0.29) is 11.6 Å². The summed E-state index contributed by atoms with van der Waals surface area (Å²) in [6, 6.07) is -1.27. The highest BCUT2D eigenvalue weighted by molar-refractivity contribution is 7.89. The molecule has 1 atom stereocenters. The molecule has 118 valence electrons. The molecular formula is C10H13F3N4O3S. The quantitative estimate of drug-likeness (QED) is 0.820. The van der Waals surface area contributed by atoms with E-state index in [4.69, 9.17) is 0 Å². The van der Waals surface area contributed by atoms with E-state index in [2.05, 4.69) is 10.4 Å². The summed E-state index contributed by atoms with van der Waals surface area (Å²) in [7, 11) is -3.09. The van der Waals surface area contributed by atoms with Crippen molar-refractivity contribution in [3.63, 3.8) is 0 Å². The molecule has 1 unspecified atom stereocenters. The minimum absolute atomic E-state index is 0.178. The maximum atomic E-state index is 13.1. The van der Waals surface area contributed by atoms with Crippen LogP contribution in [0.15, 0.2) is 17.3 Å². The molecule has 1 aromatic heterocycles. The van der Waals surface area contributed by atoms with Crippen molar-refractivity contribution in [2.45, 2.75) is 23.7 Å². The van der Waals surface area contributed by atoms with Crippen molar-refractivity contribution in [1.82, 2.24) is 19.4 Å². The van der Waals surface area contributed by atoms with Gasteiger partial charge in [-0.2, -0.15) is 22.6 Å². The van der Waals surface area contributed by atoms with Gasteiger partial charge in [-0.05, 0) is 6.07 Å². The van der Waals surface area contributed by atoms with Crippen LogP contribution in [0.5, 0.6) is 0 Å². The second-order valence-electron chi connectivity index (χ2n) is 4.52. The lowest BCUT2D eigenvalue weighted by molar-refractivity contribution is -0.173. The molecule has 7 nitrogen and oxygen atoms in total. The van der Waals surface area contributed by atoms with E-state index in [1.165, 1.54) is 13.2 Å². The van der Waals surface area contributed by atoms with E-state index in [0.29, 0.717) is 4.31 Å². The molecule has 0 radical (unpaired) electrons. The van der Waals surface area contributed by atoms with Crippen LogP contribution in [-0.2, 0) is 21.9 Å². The van der Waals surface area contributed by atoms with Crippen LogP contribution >= 0.6 is 0 Å². The molecule has 2 rings (SSSR count). The second-order valence-corrected chi connectivity index (χ2v) is 6.36. The number of hydrogen-bond donors (Lipinski definition) is 1. The number of carbonyl (C=O) groups is 1. The van der Waals surface area contributed by atoms with Gasteiger partial charge in [-0.1, -0.05) is 0 Å². The third-order valence-corrected chi connectivity index (χ3v) is 5.09. The number of amides is 1. The van der Waals surface area contributed by atoms with E-state index in [1.54, 1.807) is 0 Å². The zero-order valence-corrected chi connectivity index (χ0v) is 11.8. The summed E-state index contributed by atoms with van der Waals surface area (Å²) in [5.74, 6) is -0.833. The lowest BCUT2D eigenvalue weighted by atomic mass is 10.2. The van der Waals surface area contributed by atoms with Gasteiger partial charge >= 0.3 is 6.18 Å². The molecule has 21 heavy (non-hydrogen) atoms. The average molecular weight is 326 g/mol. The number of nitrogens with zero attached hydrogens (tertiary/aromatic N) is 3. The highest BCUT2D eigenvalue weighted by Gasteiger charge is 2.50. The van der Waals surface area contributed by atoms with Gasteiger partial charge in [-0.25, -0.2) is 8.42 Å². The SMILES string of the molecule is Cn1nccc1S(=O)(=O)N1CCNC(=O)CC1C(F)(F)F. The highest BCUT2D eigenvalue weighted by Crippen LogP contribution is 2.31. The predicted octanol–water partition coefficient (Wildman–Crippen LogP) is -0.138. The van der Waals surface area contributed by atoms with Crippen LogP contribution in [0, 0.1) is 0 Å². The van der Waals surface area contributed by atoms with Crippen molar-refractivity contribution in [2.75, 3.05) is 13.1 Å². The third kappa shape index (κ3) is 3.02. The topological polar surface area (TPSA) is 84.3 Å². The van der Waals surface area contributed by atoms with Crippen molar-refractivity contribution in [3.05, 3.63) is 12.3 Å². The zero-order chi connectivity index (χ0) is 15.8. The van der Waals surface area contributed by atoms with Gasteiger partial charge in [0, 0.05) is 20.1 Å². The minimum atomic E-state index is -4.84. The van der Waals surface area contributed by atoms with Gasteiger partial charge in [0.2, 0.25) is 5.91 Å². The first-order chi connectivity index (χ1) is 9.64. The first-order valence-corrected chi connectivity index (χ1v) is 7.41. The number of aromatic nitrogens is 2. The Morgan fingerprint density at radius 2 is 2.10 bits per heavy atom. The summed E-state index contributed by atoms with van der Waals surface area (Å²) in [6.07, 6.45) is -4.62. The van der Waals surface area contributed by atoms with Crippen LogP contribution in [0.1, 0.15) is 6.42 Å². The van der Waals surface area contributed by atoms with Gasteiger partial charge in [-0.3, -0.25) is 9.48 Å². The fourth-order valence-corrected chi connectivity index (χ4v) is 3.83.